The predicted octanol–water partition coefficient (Wildman–Crippen LogP) is 2.92. The van der Waals surface area contributed by atoms with E-state index in [1.54, 1.807) is 6.08 Å². The van der Waals surface area contributed by atoms with Gasteiger partial charge in [0.05, 0.1) is 6.16 Å². The van der Waals surface area contributed by atoms with Gasteiger partial charge in [0, 0.05) is 11.7 Å². The van der Waals surface area contributed by atoms with Gasteiger partial charge in [-0.2, -0.15) is 0 Å². The number of rotatable bonds is 7. The maximum absolute atomic E-state index is 12.2. The minimum atomic E-state index is -3.45. The van der Waals surface area contributed by atoms with Crippen LogP contribution < -0.4 is 0 Å². The molecule has 1 fully saturated rings. The number of hydrogen-bond acceptors (Lipinski definition) is 2. The minimum Gasteiger partial charge on any atom is -0.478 e. The van der Waals surface area contributed by atoms with Crippen molar-refractivity contribution in [2.75, 3.05) is 12.3 Å². The van der Waals surface area contributed by atoms with Crippen molar-refractivity contribution in [2.24, 2.45) is 5.92 Å². The van der Waals surface area contributed by atoms with Crippen molar-refractivity contribution in [1.82, 2.24) is 0 Å². The second kappa shape index (κ2) is 6.38. The largest absolute Gasteiger partial charge is 0.478 e. The van der Waals surface area contributed by atoms with Crippen LogP contribution >= 0.6 is 7.37 Å². The van der Waals surface area contributed by atoms with Gasteiger partial charge in [0.2, 0.25) is 7.37 Å². The van der Waals surface area contributed by atoms with Gasteiger partial charge in [0.25, 0.3) is 0 Å². The highest BCUT2D eigenvalue weighted by atomic mass is 31.2. The van der Waals surface area contributed by atoms with Gasteiger partial charge < -0.3 is 10.00 Å². The van der Waals surface area contributed by atoms with Crippen LogP contribution in [0.2, 0.25) is 0 Å². The Kier molecular flexibility index (Phi) is 4.79. The second-order valence-corrected chi connectivity index (χ2v) is 7.75. The average molecular weight is 294 g/mol. The summed E-state index contributed by atoms with van der Waals surface area (Å²) in [6.45, 7) is 0. The fraction of sp³-hybridized carbons (Fsp3) is 0.400. The number of carboxylic acid groups (broad SMARTS) is 1. The van der Waals surface area contributed by atoms with Crippen molar-refractivity contribution in [3.8, 4) is 0 Å². The fourth-order valence-corrected chi connectivity index (χ4v) is 3.57. The van der Waals surface area contributed by atoms with Crippen LogP contribution in [0.1, 0.15) is 18.4 Å². The highest BCUT2D eigenvalue weighted by molar-refractivity contribution is 7.58. The number of benzene rings is 1. The van der Waals surface area contributed by atoms with Crippen molar-refractivity contribution in [1.29, 1.82) is 0 Å². The molecule has 0 spiro atoms. The third-order valence-corrected chi connectivity index (χ3v) is 5.10. The van der Waals surface area contributed by atoms with Crippen LogP contribution in [0.4, 0.5) is 0 Å². The van der Waals surface area contributed by atoms with E-state index < -0.39 is 13.3 Å². The van der Waals surface area contributed by atoms with Crippen molar-refractivity contribution >= 4 is 13.3 Å². The molecule has 108 valence electrons. The van der Waals surface area contributed by atoms with Gasteiger partial charge in [-0.15, -0.1) is 0 Å². The standard InChI is InChI=1S/C15H19O4P/c16-15(17)14(10-13-6-7-13)11-20(18,19)9-8-12-4-2-1-3-5-12/h1-5,10,13H,6-9,11H2,(H,16,17)(H,18,19)/b14-10+. The summed E-state index contributed by atoms with van der Waals surface area (Å²) in [7, 11) is -3.45. The molecule has 2 N–H and O–H groups in total. The maximum atomic E-state index is 12.2. The summed E-state index contributed by atoms with van der Waals surface area (Å²) < 4.78 is 12.2. The molecule has 1 aromatic rings. The van der Waals surface area contributed by atoms with Gasteiger partial charge in [0.1, 0.15) is 0 Å². The minimum absolute atomic E-state index is 0.0893. The van der Waals surface area contributed by atoms with E-state index in [1.165, 1.54) is 0 Å². The van der Waals surface area contributed by atoms with Crippen LogP contribution in [-0.2, 0) is 15.8 Å². The van der Waals surface area contributed by atoms with Gasteiger partial charge in [0.15, 0.2) is 0 Å². The Morgan fingerprint density at radius 3 is 2.50 bits per heavy atom. The molecular weight excluding hydrogens is 275 g/mol. The molecule has 0 bridgehead atoms. The van der Waals surface area contributed by atoms with Gasteiger partial charge in [-0.05, 0) is 30.7 Å². The molecule has 1 saturated carbocycles. The summed E-state index contributed by atoms with van der Waals surface area (Å²) in [5.74, 6) is -0.791. The highest BCUT2D eigenvalue weighted by Gasteiger charge is 2.27. The van der Waals surface area contributed by atoms with Crippen molar-refractivity contribution in [3.05, 3.63) is 47.5 Å². The normalized spacial score (nSPS) is 18.6. The number of carbonyl (C=O) groups is 1. The first-order chi connectivity index (χ1) is 9.46. The molecule has 1 aliphatic rings. The Morgan fingerprint density at radius 1 is 1.30 bits per heavy atom. The topological polar surface area (TPSA) is 74.6 Å². The molecule has 1 aromatic carbocycles. The van der Waals surface area contributed by atoms with Crippen LogP contribution in [0.25, 0.3) is 0 Å². The zero-order valence-corrected chi connectivity index (χ0v) is 12.1. The molecule has 0 aromatic heterocycles. The van der Waals surface area contributed by atoms with Gasteiger partial charge in [-0.25, -0.2) is 4.79 Å². The average Bonchev–Trinajstić information content (AvgIpc) is 3.21. The molecule has 0 radical (unpaired) electrons. The summed E-state index contributed by atoms with van der Waals surface area (Å²) in [6.07, 6.45) is 3.99. The monoisotopic (exact) mass is 294 g/mol. The lowest BCUT2D eigenvalue weighted by Gasteiger charge is -2.12. The molecule has 5 heteroatoms. The third kappa shape index (κ3) is 4.95. The van der Waals surface area contributed by atoms with E-state index in [0.29, 0.717) is 6.42 Å². The molecule has 4 nitrogen and oxygen atoms in total. The second-order valence-electron chi connectivity index (χ2n) is 5.30. The highest BCUT2D eigenvalue weighted by Crippen LogP contribution is 2.44. The number of aliphatic carboxylic acids is 1. The molecule has 0 heterocycles. The number of aryl methyl sites for hydroxylation is 1. The summed E-state index contributed by atoms with van der Waals surface area (Å²) in [5.41, 5.74) is 1.08. The van der Waals surface area contributed by atoms with Crippen molar-refractivity contribution < 1.29 is 19.4 Å². The third-order valence-electron chi connectivity index (χ3n) is 3.34. The number of allylic oxidation sites excluding steroid dienone is 1. The molecule has 0 amide bonds. The first kappa shape index (κ1) is 15.0. The molecule has 0 aliphatic heterocycles. The van der Waals surface area contributed by atoms with Crippen LogP contribution in [0.3, 0.4) is 0 Å². The van der Waals surface area contributed by atoms with Crippen LogP contribution in [0, 0.1) is 5.92 Å². The lowest BCUT2D eigenvalue weighted by atomic mass is 10.2. The summed E-state index contributed by atoms with van der Waals surface area (Å²) in [4.78, 5) is 21.1. The van der Waals surface area contributed by atoms with E-state index in [2.05, 4.69) is 0 Å². The van der Waals surface area contributed by atoms with Crippen LogP contribution in [0.15, 0.2) is 42.0 Å². The zero-order valence-electron chi connectivity index (χ0n) is 11.2. The summed E-state index contributed by atoms with van der Waals surface area (Å²) in [5, 5.41) is 9.10. The quantitative estimate of drug-likeness (QED) is 0.599. The van der Waals surface area contributed by atoms with E-state index in [0.717, 1.165) is 18.4 Å². The Labute approximate surface area is 118 Å². The van der Waals surface area contributed by atoms with Gasteiger partial charge >= 0.3 is 5.97 Å². The zero-order chi connectivity index (χ0) is 14.6. The molecule has 0 saturated heterocycles. The Bertz CT molecular complexity index is 546. The lowest BCUT2D eigenvalue weighted by molar-refractivity contribution is -0.132. The maximum Gasteiger partial charge on any atom is 0.331 e. The van der Waals surface area contributed by atoms with Crippen LogP contribution in [0.5, 0.6) is 0 Å². The van der Waals surface area contributed by atoms with Gasteiger partial charge in [-0.1, -0.05) is 36.4 Å². The first-order valence-corrected chi connectivity index (χ1v) is 8.78. The molecule has 1 atom stereocenters. The van der Waals surface area contributed by atoms with E-state index in [4.69, 9.17) is 5.11 Å². The van der Waals surface area contributed by atoms with E-state index >= 15 is 0 Å². The number of hydrogen-bond donors (Lipinski definition) is 2. The molecule has 1 unspecified atom stereocenters. The summed E-state index contributed by atoms with van der Waals surface area (Å²) in [6, 6.07) is 9.46. The predicted molar refractivity (Wildman–Crippen MR) is 78.1 cm³/mol. The van der Waals surface area contributed by atoms with Crippen molar-refractivity contribution in [3.63, 3.8) is 0 Å². The van der Waals surface area contributed by atoms with E-state index in [1.807, 2.05) is 30.3 Å². The van der Waals surface area contributed by atoms with Crippen LogP contribution in [-0.4, -0.2) is 28.3 Å². The van der Waals surface area contributed by atoms with Crippen molar-refractivity contribution in [2.45, 2.75) is 19.3 Å². The Morgan fingerprint density at radius 2 is 1.95 bits per heavy atom. The molecule has 1 aliphatic carbocycles. The number of carboxylic acids is 1. The SMILES string of the molecule is O=C(O)/C(=C/C1CC1)CP(=O)(O)CCc1ccccc1. The van der Waals surface area contributed by atoms with E-state index in [-0.39, 0.29) is 23.8 Å². The first-order valence-electron chi connectivity index (χ1n) is 6.75. The lowest BCUT2D eigenvalue weighted by Crippen LogP contribution is -2.09. The van der Waals surface area contributed by atoms with E-state index in [9.17, 15) is 14.3 Å². The smallest absolute Gasteiger partial charge is 0.331 e. The summed E-state index contributed by atoms with van der Waals surface area (Å²) >= 11 is 0. The fourth-order valence-electron chi connectivity index (χ4n) is 2.03. The Hall–Kier alpha value is -1.38. The molecule has 20 heavy (non-hydrogen) atoms. The molecular formula is C15H19O4P. The Balaban J connectivity index is 1.95. The van der Waals surface area contributed by atoms with Gasteiger partial charge in [-0.3, -0.25) is 4.57 Å². The molecule has 2 rings (SSSR count).